The molecule has 2 nitrogen and oxygen atoms in total. The van der Waals surface area contributed by atoms with E-state index in [-0.39, 0.29) is 12.3 Å². The van der Waals surface area contributed by atoms with Crippen LogP contribution in [-0.4, -0.2) is 11.7 Å². The number of hydrogen-bond donors (Lipinski definition) is 2. The Labute approximate surface area is 84.5 Å². The second-order valence-corrected chi connectivity index (χ2v) is 2.76. The molecular formula is C10H8F3NO. The van der Waals surface area contributed by atoms with E-state index in [9.17, 15) is 13.2 Å². The van der Waals surface area contributed by atoms with E-state index in [0.717, 1.165) is 12.1 Å². The molecule has 0 aliphatic rings. The highest BCUT2D eigenvalue weighted by Crippen LogP contribution is 2.33. The molecule has 0 amide bonds. The van der Waals surface area contributed by atoms with Gasteiger partial charge in [-0.1, -0.05) is 11.8 Å². The minimum atomic E-state index is -4.45. The zero-order valence-electron chi connectivity index (χ0n) is 7.60. The number of hydrogen-bond acceptors (Lipinski definition) is 2. The van der Waals surface area contributed by atoms with Gasteiger partial charge in [0.1, 0.15) is 6.61 Å². The van der Waals surface area contributed by atoms with Crippen molar-refractivity contribution in [2.24, 2.45) is 0 Å². The second-order valence-electron chi connectivity index (χ2n) is 2.76. The Hall–Kier alpha value is -1.67. The lowest BCUT2D eigenvalue weighted by Crippen LogP contribution is -2.08. The normalized spacial score (nSPS) is 10.7. The lowest BCUT2D eigenvalue weighted by molar-refractivity contribution is -0.136. The fraction of sp³-hybridized carbons (Fsp3) is 0.200. The molecule has 0 saturated carbocycles. The van der Waals surface area contributed by atoms with Gasteiger partial charge in [0, 0.05) is 11.3 Å². The number of nitrogens with two attached hydrogens (primary N) is 1. The first kappa shape index (κ1) is 11.4. The first-order chi connectivity index (χ1) is 6.95. The third-order valence-corrected chi connectivity index (χ3v) is 1.67. The van der Waals surface area contributed by atoms with Crippen LogP contribution in [0.5, 0.6) is 0 Å². The molecule has 1 aromatic carbocycles. The molecule has 0 aromatic heterocycles. The fourth-order valence-electron chi connectivity index (χ4n) is 1.04. The smallest absolute Gasteiger partial charge is 0.398 e. The number of nitrogen functional groups attached to an aromatic ring is 1. The minimum Gasteiger partial charge on any atom is -0.398 e. The molecule has 80 valence electrons. The van der Waals surface area contributed by atoms with Gasteiger partial charge in [0.25, 0.3) is 0 Å². The van der Waals surface area contributed by atoms with Gasteiger partial charge in [-0.15, -0.1) is 0 Å². The van der Waals surface area contributed by atoms with E-state index in [0.29, 0.717) is 5.56 Å². The molecule has 15 heavy (non-hydrogen) atoms. The van der Waals surface area contributed by atoms with Crippen LogP contribution < -0.4 is 5.73 Å². The highest BCUT2D eigenvalue weighted by molar-refractivity contribution is 5.54. The quantitative estimate of drug-likeness (QED) is 0.510. The van der Waals surface area contributed by atoms with E-state index in [2.05, 4.69) is 11.8 Å². The van der Waals surface area contributed by atoms with Crippen LogP contribution in [0, 0.1) is 11.8 Å². The Morgan fingerprint density at radius 3 is 2.47 bits per heavy atom. The van der Waals surface area contributed by atoms with Gasteiger partial charge in [-0.2, -0.15) is 13.2 Å². The van der Waals surface area contributed by atoms with Crippen molar-refractivity contribution in [3.05, 3.63) is 29.3 Å². The van der Waals surface area contributed by atoms with Crippen molar-refractivity contribution in [1.29, 1.82) is 0 Å². The van der Waals surface area contributed by atoms with Crippen molar-refractivity contribution in [3.63, 3.8) is 0 Å². The Bertz CT molecular complexity index is 415. The van der Waals surface area contributed by atoms with Crippen LogP contribution in [0.15, 0.2) is 18.2 Å². The average molecular weight is 215 g/mol. The summed E-state index contributed by atoms with van der Waals surface area (Å²) in [7, 11) is 0. The summed E-state index contributed by atoms with van der Waals surface area (Å²) in [5, 5.41) is 8.40. The van der Waals surface area contributed by atoms with E-state index >= 15 is 0 Å². The van der Waals surface area contributed by atoms with E-state index < -0.39 is 11.7 Å². The van der Waals surface area contributed by atoms with Crippen LogP contribution in [0.25, 0.3) is 0 Å². The van der Waals surface area contributed by atoms with Crippen LogP contribution in [0.3, 0.4) is 0 Å². The van der Waals surface area contributed by atoms with Crippen molar-refractivity contribution in [2.75, 3.05) is 12.3 Å². The lowest BCUT2D eigenvalue weighted by Gasteiger charge is -2.09. The minimum absolute atomic E-state index is 0.342. The highest BCUT2D eigenvalue weighted by Gasteiger charge is 2.32. The summed E-state index contributed by atoms with van der Waals surface area (Å²) in [5.41, 5.74) is 4.33. The van der Waals surface area contributed by atoms with Crippen molar-refractivity contribution in [2.45, 2.75) is 6.18 Å². The van der Waals surface area contributed by atoms with Crippen LogP contribution in [0.2, 0.25) is 0 Å². The predicted octanol–water partition coefficient (Wildman–Crippen LogP) is 1.63. The largest absolute Gasteiger partial charge is 0.418 e. The first-order valence-electron chi connectivity index (χ1n) is 4.01. The van der Waals surface area contributed by atoms with Gasteiger partial charge in [0.2, 0.25) is 0 Å². The molecule has 0 unspecified atom stereocenters. The summed E-state index contributed by atoms with van der Waals surface area (Å²) < 4.78 is 36.8. The summed E-state index contributed by atoms with van der Waals surface area (Å²) >= 11 is 0. The van der Waals surface area contributed by atoms with Crippen LogP contribution in [0.1, 0.15) is 11.1 Å². The molecule has 1 rings (SSSR count). The Kier molecular flexibility index (Phi) is 3.22. The average Bonchev–Trinajstić information content (AvgIpc) is 2.12. The molecule has 3 N–H and O–H groups in total. The lowest BCUT2D eigenvalue weighted by atomic mass is 10.1. The molecule has 1 aromatic rings. The summed E-state index contributed by atoms with van der Waals surface area (Å²) in [6, 6.07) is 3.21. The van der Waals surface area contributed by atoms with Gasteiger partial charge in [0.05, 0.1) is 5.56 Å². The predicted molar refractivity (Wildman–Crippen MR) is 49.8 cm³/mol. The molecule has 0 bridgehead atoms. The number of aliphatic hydroxyl groups is 1. The third kappa shape index (κ3) is 2.89. The third-order valence-electron chi connectivity index (χ3n) is 1.67. The maximum Gasteiger partial charge on any atom is 0.418 e. The highest BCUT2D eigenvalue weighted by atomic mass is 19.4. The van der Waals surface area contributed by atoms with Crippen LogP contribution >= 0.6 is 0 Å². The van der Waals surface area contributed by atoms with Gasteiger partial charge in [0.15, 0.2) is 0 Å². The number of rotatable bonds is 0. The molecule has 0 atom stereocenters. The number of halogens is 3. The topological polar surface area (TPSA) is 46.2 Å². The molecule has 0 radical (unpaired) electrons. The zero-order valence-corrected chi connectivity index (χ0v) is 7.60. The molecule has 0 heterocycles. The van der Waals surface area contributed by atoms with E-state index in [1.54, 1.807) is 0 Å². The van der Waals surface area contributed by atoms with E-state index in [1.807, 2.05) is 0 Å². The Morgan fingerprint density at radius 2 is 2.00 bits per heavy atom. The molecule has 0 aliphatic carbocycles. The van der Waals surface area contributed by atoms with E-state index in [4.69, 9.17) is 10.8 Å². The molecule has 0 saturated heterocycles. The number of alkyl halides is 3. The van der Waals surface area contributed by atoms with Gasteiger partial charge in [-0.05, 0) is 18.2 Å². The van der Waals surface area contributed by atoms with Crippen molar-refractivity contribution in [3.8, 4) is 11.8 Å². The number of benzene rings is 1. The van der Waals surface area contributed by atoms with Gasteiger partial charge in [-0.25, -0.2) is 0 Å². The van der Waals surface area contributed by atoms with E-state index in [1.165, 1.54) is 6.07 Å². The van der Waals surface area contributed by atoms with Gasteiger partial charge >= 0.3 is 6.18 Å². The van der Waals surface area contributed by atoms with Crippen molar-refractivity contribution in [1.82, 2.24) is 0 Å². The molecule has 5 heteroatoms. The molecule has 0 fully saturated rings. The summed E-state index contributed by atoms with van der Waals surface area (Å²) in [6.45, 7) is -0.346. The maximum absolute atomic E-state index is 12.3. The second kappa shape index (κ2) is 4.24. The zero-order chi connectivity index (χ0) is 11.5. The van der Waals surface area contributed by atoms with Gasteiger partial charge < -0.3 is 10.8 Å². The maximum atomic E-state index is 12.3. The van der Waals surface area contributed by atoms with Gasteiger partial charge in [-0.3, -0.25) is 0 Å². The summed E-state index contributed by atoms with van der Waals surface area (Å²) in [6.07, 6.45) is -4.45. The number of aliphatic hydroxyl groups excluding tert-OH is 1. The van der Waals surface area contributed by atoms with Crippen LogP contribution in [-0.2, 0) is 6.18 Å². The molecule has 0 spiro atoms. The van der Waals surface area contributed by atoms with Crippen molar-refractivity contribution >= 4 is 5.69 Å². The monoisotopic (exact) mass is 215 g/mol. The SMILES string of the molecule is Nc1cc(C#CCO)ccc1C(F)(F)F. The summed E-state index contributed by atoms with van der Waals surface area (Å²) in [4.78, 5) is 0. The standard InChI is InChI=1S/C10H8F3NO/c11-10(12,13)8-4-3-7(2-1-5-15)6-9(8)14/h3-4,6,15H,5,14H2. The summed E-state index contributed by atoms with van der Waals surface area (Å²) in [5.74, 6) is 4.79. The van der Waals surface area contributed by atoms with Crippen molar-refractivity contribution < 1.29 is 18.3 Å². The van der Waals surface area contributed by atoms with Crippen LogP contribution in [0.4, 0.5) is 18.9 Å². The molecular weight excluding hydrogens is 207 g/mol. The number of anilines is 1. The first-order valence-corrected chi connectivity index (χ1v) is 4.01. The Morgan fingerprint density at radius 1 is 1.33 bits per heavy atom. The fourth-order valence-corrected chi connectivity index (χ4v) is 1.04. The Balaban J connectivity index is 3.09. The molecule has 0 aliphatic heterocycles.